The molecule has 0 N–H and O–H groups in total. The van der Waals surface area contributed by atoms with Crippen LogP contribution >= 0.6 is 0 Å². The molecule has 2 aromatic carbocycles. The number of aryl methyl sites for hydroxylation is 4. The molecule has 0 heteroatoms. The van der Waals surface area contributed by atoms with Crippen LogP contribution in [0.3, 0.4) is 0 Å². The molecular weight excluding hydrogens is 288 g/mol. The zero-order valence-corrected chi connectivity index (χ0v) is 14.7. The SMILES string of the molecule is [2H]C([2H])([2H])c1cc(-c2ccc(C3([2H])CCC(C)(C)CC3)cc2C([2H])([2H])[2H])c(C([2H])([2H])[2H])cc1C. The summed E-state index contributed by atoms with van der Waals surface area (Å²) in [6, 6.07) is 7.39. The predicted octanol–water partition coefficient (Wildman–Crippen LogP) is 7.27. The van der Waals surface area contributed by atoms with Crippen LogP contribution in [-0.2, 0) is 0 Å². The Morgan fingerprint density at radius 1 is 0.875 bits per heavy atom. The minimum absolute atomic E-state index is 0.0115. The first-order valence-corrected chi connectivity index (χ1v) is 8.56. The maximum absolute atomic E-state index is 9.05. The van der Waals surface area contributed by atoms with Gasteiger partial charge < -0.3 is 0 Å². The van der Waals surface area contributed by atoms with Crippen LogP contribution in [-0.4, -0.2) is 0 Å². The third kappa shape index (κ3) is 3.43. The summed E-state index contributed by atoms with van der Waals surface area (Å²) in [6.07, 6.45) is 2.91. The average Bonchev–Trinajstić information content (AvgIpc) is 2.67. The van der Waals surface area contributed by atoms with Gasteiger partial charge in [0.2, 0.25) is 0 Å². The first kappa shape index (κ1) is 8.70. The molecule has 0 unspecified atom stereocenters. The van der Waals surface area contributed by atoms with E-state index in [2.05, 4.69) is 13.8 Å². The molecule has 1 aliphatic carbocycles. The first-order valence-electron chi connectivity index (χ1n) is 13.6. The molecule has 3 rings (SSSR count). The highest BCUT2D eigenvalue weighted by atomic mass is 14.3. The van der Waals surface area contributed by atoms with Gasteiger partial charge in [-0.2, -0.15) is 0 Å². The van der Waals surface area contributed by atoms with Crippen LogP contribution in [0.2, 0.25) is 0 Å². The van der Waals surface area contributed by atoms with Crippen molar-refractivity contribution >= 4 is 0 Å². The number of rotatable bonds is 2. The molecule has 2 aromatic rings. The zero-order valence-electron chi connectivity index (χ0n) is 24.7. The van der Waals surface area contributed by atoms with Crippen molar-refractivity contribution < 1.29 is 13.7 Å². The summed E-state index contributed by atoms with van der Waals surface area (Å²) in [5.74, 6) is -0.919. The van der Waals surface area contributed by atoms with E-state index in [-0.39, 0.29) is 33.2 Å². The van der Waals surface area contributed by atoms with Crippen LogP contribution in [0.1, 0.15) is 86.9 Å². The first-order chi connectivity index (χ1) is 15.2. The van der Waals surface area contributed by atoms with E-state index in [1.807, 2.05) is 0 Å². The largest absolute Gasteiger partial charge is 0.0599 e. The van der Waals surface area contributed by atoms with Gasteiger partial charge in [-0.05, 0) is 103 Å². The van der Waals surface area contributed by atoms with Crippen molar-refractivity contribution in [3.05, 3.63) is 58.1 Å². The predicted molar refractivity (Wildman–Crippen MR) is 106 cm³/mol. The second-order valence-electron chi connectivity index (χ2n) is 7.74. The number of hydrogen-bond donors (Lipinski definition) is 0. The molecule has 1 aliphatic rings. The van der Waals surface area contributed by atoms with Gasteiger partial charge in [0.25, 0.3) is 0 Å². The Balaban J connectivity index is 2.26. The van der Waals surface area contributed by atoms with Crippen molar-refractivity contribution in [3.8, 4) is 11.1 Å². The molecule has 0 bridgehead atoms. The molecule has 0 heterocycles. The lowest BCUT2D eigenvalue weighted by atomic mass is 9.71. The minimum atomic E-state index is -2.58. The fourth-order valence-corrected chi connectivity index (χ4v) is 3.45. The van der Waals surface area contributed by atoms with Crippen LogP contribution < -0.4 is 0 Å². The summed E-state index contributed by atoms with van der Waals surface area (Å²) >= 11 is 0. The highest BCUT2D eigenvalue weighted by molar-refractivity contribution is 5.72. The molecule has 0 atom stereocenters. The lowest BCUT2D eigenvalue weighted by Crippen LogP contribution is -2.20. The molecule has 1 saturated carbocycles. The fraction of sp³-hybridized carbons (Fsp3) is 0.500. The Morgan fingerprint density at radius 2 is 1.54 bits per heavy atom. The summed E-state index contributed by atoms with van der Waals surface area (Å²) in [5.41, 5.74) is 1.14. The van der Waals surface area contributed by atoms with Crippen molar-refractivity contribution in [3.63, 3.8) is 0 Å². The Morgan fingerprint density at radius 3 is 2.21 bits per heavy atom. The second-order valence-corrected chi connectivity index (χ2v) is 7.74. The maximum atomic E-state index is 9.05. The van der Waals surface area contributed by atoms with Crippen molar-refractivity contribution in [1.29, 1.82) is 0 Å². The zero-order chi connectivity index (χ0) is 25.9. The van der Waals surface area contributed by atoms with E-state index in [1.54, 1.807) is 19.1 Å². The van der Waals surface area contributed by atoms with Gasteiger partial charge in [0.15, 0.2) is 0 Å². The third-order valence-corrected chi connectivity index (χ3v) is 5.29. The second kappa shape index (κ2) is 6.39. The van der Waals surface area contributed by atoms with Gasteiger partial charge in [0.1, 0.15) is 0 Å². The highest BCUT2D eigenvalue weighted by Crippen LogP contribution is 2.43. The molecule has 0 spiro atoms. The van der Waals surface area contributed by atoms with Crippen LogP contribution in [0.25, 0.3) is 11.1 Å². The maximum Gasteiger partial charge on any atom is 0.0352 e. The van der Waals surface area contributed by atoms with Gasteiger partial charge in [-0.1, -0.05) is 44.2 Å². The molecule has 0 aliphatic heterocycles. The van der Waals surface area contributed by atoms with Crippen molar-refractivity contribution in [1.82, 2.24) is 0 Å². The summed E-state index contributed by atoms with van der Waals surface area (Å²) in [7, 11) is 0. The molecule has 1 fully saturated rings. The normalized spacial score (nSPS) is 27.0. The van der Waals surface area contributed by atoms with E-state index in [1.165, 1.54) is 18.2 Å². The molecule has 0 radical (unpaired) electrons. The standard InChI is InChI=1S/C24H32/c1-16-13-18(3)23(15-17(16)2)22-8-7-21(14-19(22)4)20-9-11-24(5,6)12-10-20/h7-8,13-15,20H,9-12H2,1-6H3/i2D3,3D3,4D3,20D. The van der Waals surface area contributed by atoms with Crippen LogP contribution in [0.4, 0.5) is 0 Å². The van der Waals surface area contributed by atoms with Crippen molar-refractivity contribution in [2.24, 2.45) is 5.41 Å². The molecule has 0 aromatic heterocycles. The van der Waals surface area contributed by atoms with Crippen LogP contribution in [0.5, 0.6) is 0 Å². The Hall–Kier alpha value is -1.56. The number of hydrogen-bond acceptors (Lipinski definition) is 0. The average molecular weight is 331 g/mol. The quantitative estimate of drug-likeness (QED) is 0.543. The van der Waals surface area contributed by atoms with E-state index in [0.717, 1.165) is 12.8 Å². The molecular formula is C24H32. The van der Waals surface area contributed by atoms with E-state index in [4.69, 9.17) is 13.7 Å². The van der Waals surface area contributed by atoms with Gasteiger partial charge in [-0.25, -0.2) is 0 Å². The van der Waals surface area contributed by atoms with Gasteiger partial charge in [-0.3, -0.25) is 0 Å². The Kier molecular flexibility index (Phi) is 2.32. The fourth-order valence-electron chi connectivity index (χ4n) is 3.45. The van der Waals surface area contributed by atoms with Gasteiger partial charge in [0.05, 0.1) is 0 Å². The Labute approximate surface area is 162 Å². The smallest absolute Gasteiger partial charge is 0.0352 e. The molecule has 0 nitrogen and oxygen atoms in total. The summed E-state index contributed by atoms with van der Waals surface area (Å²) in [5, 5.41) is 0. The number of benzene rings is 2. The van der Waals surface area contributed by atoms with E-state index >= 15 is 0 Å². The van der Waals surface area contributed by atoms with Gasteiger partial charge in [-0.15, -0.1) is 0 Å². The lowest BCUT2D eigenvalue weighted by molar-refractivity contribution is 0.224. The Bertz CT molecular complexity index is 1060. The molecule has 128 valence electrons. The van der Waals surface area contributed by atoms with E-state index in [0.29, 0.717) is 24.0 Å². The summed E-state index contributed by atoms with van der Waals surface area (Å²) in [4.78, 5) is 0. The van der Waals surface area contributed by atoms with Crippen LogP contribution in [0.15, 0.2) is 30.3 Å². The highest BCUT2D eigenvalue weighted by Gasteiger charge is 2.27. The minimum Gasteiger partial charge on any atom is -0.0599 e. The van der Waals surface area contributed by atoms with Crippen LogP contribution in [0, 0.1) is 32.9 Å². The summed E-state index contributed by atoms with van der Waals surface area (Å²) < 4.78 is 81.1. The topological polar surface area (TPSA) is 0 Å². The lowest BCUT2D eigenvalue weighted by Gasteiger charge is -2.34. The molecule has 0 amide bonds. The molecule has 24 heavy (non-hydrogen) atoms. The summed E-state index contributed by atoms with van der Waals surface area (Å²) in [6.45, 7) is -1.74. The van der Waals surface area contributed by atoms with Gasteiger partial charge in [0, 0.05) is 13.7 Å². The monoisotopic (exact) mass is 330 g/mol. The van der Waals surface area contributed by atoms with Gasteiger partial charge >= 0.3 is 0 Å². The van der Waals surface area contributed by atoms with E-state index in [9.17, 15) is 0 Å². The van der Waals surface area contributed by atoms with Crippen molar-refractivity contribution in [2.45, 2.75) is 72.9 Å². The third-order valence-electron chi connectivity index (χ3n) is 5.29. The molecule has 0 saturated heterocycles. The van der Waals surface area contributed by atoms with Crippen molar-refractivity contribution in [2.75, 3.05) is 0 Å². The van der Waals surface area contributed by atoms with E-state index < -0.39 is 26.4 Å².